The largest absolute Gasteiger partial charge is 0.389 e. The molecule has 5 heteroatoms. The highest BCUT2D eigenvalue weighted by atomic mass is 16.3. The van der Waals surface area contributed by atoms with Gasteiger partial charge in [-0.3, -0.25) is 4.79 Å². The highest BCUT2D eigenvalue weighted by Gasteiger charge is 2.31. The lowest BCUT2D eigenvalue weighted by molar-refractivity contribution is -0.136. The summed E-state index contributed by atoms with van der Waals surface area (Å²) in [5.41, 5.74) is 3.41. The fourth-order valence-corrected chi connectivity index (χ4v) is 3.94. The second-order valence-electron chi connectivity index (χ2n) is 7.02. The molecule has 1 aliphatic carbocycles. The number of hydrogen-bond acceptors (Lipinski definition) is 3. The van der Waals surface area contributed by atoms with Crippen molar-refractivity contribution in [3.8, 4) is 6.07 Å². The molecule has 1 aliphatic heterocycles. The number of β-amino-alcohol motifs (C(OH)–C–C–N with tert-alkyl or cyclic N) is 1. The minimum Gasteiger partial charge on any atom is -0.389 e. The van der Waals surface area contributed by atoms with Gasteiger partial charge in [0.15, 0.2) is 0 Å². The molecule has 1 saturated carbocycles. The molecule has 24 heavy (non-hydrogen) atoms. The summed E-state index contributed by atoms with van der Waals surface area (Å²) < 4.78 is 2.37. The van der Waals surface area contributed by atoms with Crippen LogP contribution in [0.3, 0.4) is 0 Å². The first-order chi connectivity index (χ1) is 11.5. The molecule has 1 saturated heterocycles. The van der Waals surface area contributed by atoms with Crippen LogP contribution in [-0.2, 0) is 4.79 Å². The van der Waals surface area contributed by atoms with Crippen LogP contribution >= 0.6 is 0 Å². The molecule has 0 bridgehead atoms. The van der Waals surface area contributed by atoms with Crippen LogP contribution in [0, 0.1) is 25.2 Å². The Morgan fingerprint density at radius 2 is 1.96 bits per heavy atom. The summed E-state index contributed by atoms with van der Waals surface area (Å²) in [5, 5.41) is 18.7. The first-order valence-electron chi connectivity index (χ1n) is 8.79. The zero-order valence-corrected chi connectivity index (χ0v) is 14.5. The molecule has 1 N–H and O–H groups in total. The molecule has 0 spiro atoms. The Hall–Kier alpha value is -2.06. The van der Waals surface area contributed by atoms with E-state index in [9.17, 15) is 15.2 Å². The molecule has 0 atom stereocenters. The summed E-state index contributed by atoms with van der Waals surface area (Å²) in [4.78, 5) is 13.8. The van der Waals surface area contributed by atoms with Gasteiger partial charge in [0.2, 0.25) is 0 Å². The van der Waals surface area contributed by atoms with E-state index in [1.165, 1.54) is 42.7 Å². The second-order valence-corrected chi connectivity index (χ2v) is 7.02. The van der Waals surface area contributed by atoms with Crippen LogP contribution in [0.15, 0.2) is 11.6 Å². The van der Waals surface area contributed by atoms with Crippen molar-refractivity contribution in [1.29, 1.82) is 5.26 Å². The van der Waals surface area contributed by atoms with E-state index in [-0.39, 0.29) is 11.5 Å². The van der Waals surface area contributed by atoms with E-state index in [0.29, 0.717) is 19.1 Å². The van der Waals surface area contributed by atoms with Gasteiger partial charge in [0, 0.05) is 30.5 Å². The van der Waals surface area contributed by atoms with Crippen LogP contribution in [0.5, 0.6) is 0 Å². The van der Waals surface area contributed by atoms with Gasteiger partial charge in [-0.25, -0.2) is 0 Å². The highest BCUT2D eigenvalue weighted by molar-refractivity contribution is 6.02. The maximum atomic E-state index is 12.3. The van der Waals surface area contributed by atoms with Gasteiger partial charge in [-0.15, -0.1) is 0 Å². The summed E-state index contributed by atoms with van der Waals surface area (Å²) in [6.45, 7) is 4.80. The number of amides is 1. The van der Waals surface area contributed by atoms with Gasteiger partial charge in [0.05, 0.1) is 6.10 Å². The second kappa shape index (κ2) is 6.82. The summed E-state index contributed by atoms with van der Waals surface area (Å²) in [5.74, 6) is -0.287. The average molecular weight is 327 g/mol. The van der Waals surface area contributed by atoms with Crippen molar-refractivity contribution in [3.05, 3.63) is 28.6 Å². The predicted molar refractivity (Wildman–Crippen MR) is 92.2 cm³/mol. The van der Waals surface area contributed by atoms with E-state index in [4.69, 9.17) is 0 Å². The van der Waals surface area contributed by atoms with E-state index >= 15 is 0 Å². The van der Waals surface area contributed by atoms with Crippen molar-refractivity contribution in [3.63, 3.8) is 0 Å². The Kier molecular flexibility index (Phi) is 4.77. The van der Waals surface area contributed by atoms with Crippen molar-refractivity contribution in [2.75, 3.05) is 13.1 Å². The Morgan fingerprint density at radius 1 is 1.29 bits per heavy atom. The first-order valence-corrected chi connectivity index (χ1v) is 8.79. The fraction of sp³-hybridized carbons (Fsp3) is 0.579. The molecule has 0 aromatic carbocycles. The normalized spacial score (nSPS) is 19.9. The van der Waals surface area contributed by atoms with Gasteiger partial charge in [0.1, 0.15) is 11.6 Å². The van der Waals surface area contributed by atoms with Crippen LogP contribution in [0.4, 0.5) is 0 Å². The Balaban J connectivity index is 1.86. The van der Waals surface area contributed by atoms with Crippen LogP contribution in [-0.4, -0.2) is 39.7 Å². The number of hydrogen-bond donors (Lipinski definition) is 1. The Bertz CT molecular complexity index is 699. The molecule has 1 amide bonds. The quantitative estimate of drug-likeness (QED) is 0.685. The standard InChI is InChI=1S/C19H25N3O2/c1-13-8-15(14(2)22(13)17-6-4-3-5-7-17)9-16(10-20)19(24)21-11-18(23)12-21/h8-9,17-18,23H,3-7,11-12H2,1-2H3/b16-9-. The highest BCUT2D eigenvalue weighted by Crippen LogP contribution is 2.32. The molecular formula is C19H25N3O2. The summed E-state index contributed by atoms with van der Waals surface area (Å²) in [6.07, 6.45) is 7.51. The van der Waals surface area contributed by atoms with Gasteiger partial charge in [0.25, 0.3) is 5.91 Å². The summed E-state index contributed by atoms with van der Waals surface area (Å²) >= 11 is 0. The fourth-order valence-electron chi connectivity index (χ4n) is 3.94. The van der Waals surface area contributed by atoms with Gasteiger partial charge < -0.3 is 14.6 Å². The Morgan fingerprint density at radius 3 is 2.54 bits per heavy atom. The predicted octanol–water partition coefficient (Wildman–Crippen LogP) is 2.72. The monoisotopic (exact) mass is 327 g/mol. The summed E-state index contributed by atoms with van der Waals surface area (Å²) in [6, 6.07) is 4.63. The number of aliphatic hydroxyl groups is 1. The molecule has 1 aromatic rings. The zero-order chi connectivity index (χ0) is 17.3. The van der Waals surface area contributed by atoms with Crippen LogP contribution in [0.25, 0.3) is 6.08 Å². The van der Waals surface area contributed by atoms with Gasteiger partial charge in [-0.05, 0) is 44.4 Å². The van der Waals surface area contributed by atoms with Crippen molar-refractivity contribution in [2.45, 2.75) is 58.1 Å². The number of carbonyl (C=O) groups excluding carboxylic acids is 1. The number of aryl methyl sites for hydroxylation is 1. The molecular weight excluding hydrogens is 302 g/mol. The lowest BCUT2D eigenvalue weighted by Crippen LogP contribution is -2.53. The third-order valence-electron chi connectivity index (χ3n) is 5.26. The smallest absolute Gasteiger partial charge is 0.264 e. The zero-order valence-electron chi connectivity index (χ0n) is 14.5. The topological polar surface area (TPSA) is 69.3 Å². The number of aromatic nitrogens is 1. The molecule has 128 valence electrons. The molecule has 3 rings (SSSR count). The van der Waals surface area contributed by atoms with Crippen molar-refractivity contribution in [2.24, 2.45) is 0 Å². The van der Waals surface area contributed by atoms with E-state index in [1.807, 2.05) is 6.07 Å². The van der Waals surface area contributed by atoms with Crippen molar-refractivity contribution in [1.82, 2.24) is 9.47 Å². The minimum absolute atomic E-state index is 0.144. The SMILES string of the molecule is Cc1cc(/C=C(/C#N)C(=O)N2CC(O)C2)c(C)n1C1CCCCC1. The molecule has 0 radical (unpaired) electrons. The third-order valence-corrected chi connectivity index (χ3v) is 5.26. The number of likely N-dealkylation sites (tertiary alicyclic amines) is 1. The van der Waals surface area contributed by atoms with E-state index in [1.54, 1.807) is 6.08 Å². The average Bonchev–Trinajstić information content (AvgIpc) is 2.83. The van der Waals surface area contributed by atoms with E-state index < -0.39 is 6.10 Å². The molecule has 2 heterocycles. The van der Waals surface area contributed by atoms with Crippen molar-refractivity contribution >= 4 is 12.0 Å². The van der Waals surface area contributed by atoms with Gasteiger partial charge in [-0.1, -0.05) is 19.3 Å². The lowest BCUT2D eigenvalue weighted by Gasteiger charge is -2.35. The number of rotatable bonds is 3. The molecule has 2 fully saturated rings. The number of carbonyl (C=O) groups is 1. The third kappa shape index (κ3) is 3.11. The molecule has 1 aromatic heterocycles. The maximum Gasteiger partial charge on any atom is 0.264 e. The number of aliphatic hydroxyl groups excluding tert-OH is 1. The van der Waals surface area contributed by atoms with E-state index in [0.717, 1.165) is 11.3 Å². The van der Waals surface area contributed by atoms with Gasteiger partial charge >= 0.3 is 0 Å². The van der Waals surface area contributed by atoms with Crippen LogP contribution < -0.4 is 0 Å². The summed E-state index contributed by atoms with van der Waals surface area (Å²) in [7, 11) is 0. The molecule has 0 unspecified atom stereocenters. The van der Waals surface area contributed by atoms with Crippen LogP contribution in [0.2, 0.25) is 0 Å². The Labute approximate surface area is 143 Å². The lowest BCUT2D eigenvalue weighted by atomic mass is 9.95. The first kappa shape index (κ1) is 16.8. The molecule has 5 nitrogen and oxygen atoms in total. The number of nitrogens with zero attached hydrogens (tertiary/aromatic N) is 3. The maximum absolute atomic E-state index is 12.3. The van der Waals surface area contributed by atoms with Crippen molar-refractivity contribution < 1.29 is 9.90 Å². The molecule has 2 aliphatic rings. The van der Waals surface area contributed by atoms with E-state index in [2.05, 4.69) is 24.5 Å². The van der Waals surface area contributed by atoms with Gasteiger partial charge in [-0.2, -0.15) is 5.26 Å². The van der Waals surface area contributed by atoms with Crippen LogP contribution in [0.1, 0.15) is 55.1 Å². The minimum atomic E-state index is -0.453. The number of nitriles is 1.